The summed E-state index contributed by atoms with van der Waals surface area (Å²) in [7, 11) is 0. The molecule has 0 radical (unpaired) electrons. The molecule has 126 valence electrons. The number of carbonyl (C=O) groups excluding carboxylic acids is 1. The fourth-order valence-electron chi connectivity index (χ4n) is 1.53. The summed E-state index contributed by atoms with van der Waals surface area (Å²) in [5.41, 5.74) is 3.14. The van der Waals surface area contributed by atoms with Gasteiger partial charge in [-0.2, -0.15) is 5.10 Å². The number of aromatic nitrogens is 2. The minimum atomic E-state index is -0.654. The fourth-order valence-corrected chi connectivity index (χ4v) is 2.76. The zero-order valence-electron chi connectivity index (χ0n) is 12.8. The molecule has 0 bridgehead atoms. The van der Waals surface area contributed by atoms with Crippen LogP contribution in [0.1, 0.15) is 11.5 Å². The minimum absolute atomic E-state index is 0.125. The van der Waals surface area contributed by atoms with Crippen LogP contribution in [-0.2, 0) is 4.79 Å². The molecule has 2 aromatic heterocycles. The van der Waals surface area contributed by atoms with Crippen molar-refractivity contribution in [1.29, 1.82) is 0 Å². The van der Waals surface area contributed by atoms with Crippen LogP contribution in [0.15, 0.2) is 37.9 Å². The Balaban J connectivity index is 1.83. The predicted molar refractivity (Wildman–Crippen MR) is 90.4 cm³/mol. The van der Waals surface area contributed by atoms with Gasteiger partial charge in [0.1, 0.15) is 9.95 Å². The van der Waals surface area contributed by atoms with Crippen LogP contribution in [0, 0.1) is 17.0 Å². The van der Waals surface area contributed by atoms with Crippen LogP contribution in [0.2, 0.25) is 0 Å². The van der Waals surface area contributed by atoms with Crippen LogP contribution in [0.4, 0.5) is 5.88 Å². The molecule has 0 spiro atoms. The van der Waals surface area contributed by atoms with E-state index in [0.717, 1.165) is 5.69 Å². The third-order valence-electron chi connectivity index (χ3n) is 2.52. The topological polar surface area (TPSA) is 124 Å². The van der Waals surface area contributed by atoms with Crippen molar-refractivity contribution >= 4 is 41.5 Å². The van der Waals surface area contributed by atoms with Gasteiger partial charge in [-0.3, -0.25) is 14.9 Å². The van der Waals surface area contributed by atoms with Crippen molar-refractivity contribution in [1.82, 2.24) is 15.4 Å². The maximum Gasteiger partial charge on any atom is 0.433 e. The molecule has 0 saturated carbocycles. The second-order valence-corrected chi connectivity index (χ2v) is 6.12. The summed E-state index contributed by atoms with van der Waals surface area (Å²) in [6, 6.07) is 4.39. The molecule has 0 aromatic carbocycles. The van der Waals surface area contributed by atoms with Gasteiger partial charge in [0.15, 0.2) is 10.9 Å². The normalized spacial score (nSPS) is 10.9. The summed E-state index contributed by atoms with van der Waals surface area (Å²) in [5.74, 6) is -0.424. The number of hydrazone groups is 1. The van der Waals surface area contributed by atoms with E-state index in [1.54, 1.807) is 6.07 Å². The van der Waals surface area contributed by atoms with Crippen molar-refractivity contribution in [2.45, 2.75) is 17.1 Å². The number of rotatable bonds is 7. The Morgan fingerprint density at radius 2 is 2.29 bits per heavy atom. The molecule has 2 rings (SSSR count). The molecule has 9 nitrogen and oxygen atoms in total. The minimum Gasteiger partial charge on any atom is -0.400 e. The quantitative estimate of drug-likeness (QED) is 0.197. The number of hydrogen-bond donors (Lipinski definition) is 1. The van der Waals surface area contributed by atoms with Crippen molar-refractivity contribution in [3.63, 3.8) is 0 Å². The lowest BCUT2D eigenvalue weighted by atomic mass is 10.5. The first-order chi connectivity index (χ1) is 11.5. The largest absolute Gasteiger partial charge is 0.433 e. The Bertz CT molecular complexity index is 777. The lowest BCUT2D eigenvalue weighted by molar-refractivity contribution is -0.402. The maximum atomic E-state index is 11.7. The summed E-state index contributed by atoms with van der Waals surface area (Å²) >= 11 is 2.69. The molecular formula is C13H13N5O4S2. The molecule has 0 aliphatic rings. The Hall–Kier alpha value is -2.40. The molecule has 0 aliphatic carbocycles. The average molecular weight is 367 g/mol. The average Bonchev–Trinajstić information content (AvgIpc) is 3.01. The molecule has 0 unspecified atom stereocenters. The number of nitrogens with zero attached hydrogens (tertiary/aromatic N) is 4. The molecule has 1 amide bonds. The van der Waals surface area contributed by atoms with Crippen molar-refractivity contribution in [3.8, 4) is 0 Å². The number of hydrogen-bond acceptors (Lipinski definition) is 9. The van der Waals surface area contributed by atoms with Gasteiger partial charge >= 0.3 is 5.88 Å². The Kier molecular flexibility index (Phi) is 6.32. The predicted octanol–water partition coefficient (Wildman–Crippen LogP) is 2.25. The van der Waals surface area contributed by atoms with Crippen molar-refractivity contribution in [3.05, 3.63) is 39.8 Å². The van der Waals surface area contributed by atoms with Gasteiger partial charge in [0.05, 0.1) is 18.0 Å². The van der Waals surface area contributed by atoms with Crippen molar-refractivity contribution < 1.29 is 14.1 Å². The molecule has 2 heterocycles. The molecule has 24 heavy (non-hydrogen) atoms. The highest BCUT2D eigenvalue weighted by molar-refractivity contribution is 8.00. The van der Waals surface area contributed by atoms with Crippen LogP contribution in [0.3, 0.4) is 0 Å². The highest BCUT2D eigenvalue weighted by Crippen LogP contribution is 2.19. The number of carbonyl (C=O) groups is 1. The summed E-state index contributed by atoms with van der Waals surface area (Å²) in [4.78, 5) is 30.1. The zero-order valence-corrected chi connectivity index (χ0v) is 14.4. The van der Waals surface area contributed by atoms with Crippen LogP contribution >= 0.6 is 23.5 Å². The van der Waals surface area contributed by atoms with Crippen molar-refractivity contribution in [2.75, 3.05) is 12.0 Å². The number of nitrogens with one attached hydrogen (secondary N) is 1. The van der Waals surface area contributed by atoms with E-state index in [9.17, 15) is 14.9 Å². The van der Waals surface area contributed by atoms with Gasteiger partial charge in [-0.05, 0) is 25.3 Å². The summed E-state index contributed by atoms with van der Waals surface area (Å²) in [6.45, 7) is 1.86. The van der Waals surface area contributed by atoms with Gasteiger partial charge in [-0.15, -0.1) is 0 Å². The van der Waals surface area contributed by atoms with Gasteiger partial charge in [0.2, 0.25) is 5.91 Å². The molecule has 1 N–H and O–H groups in total. The van der Waals surface area contributed by atoms with E-state index in [1.807, 2.05) is 13.2 Å². The molecule has 0 fully saturated rings. The summed E-state index contributed by atoms with van der Waals surface area (Å²) in [5, 5.41) is 15.5. The molecule has 11 heteroatoms. The van der Waals surface area contributed by atoms with E-state index in [0.29, 0.717) is 10.2 Å². The number of nitro groups is 1. The van der Waals surface area contributed by atoms with Gasteiger partial charge in [-0.25, -0.2) is 15.4 Å². The number of thioether (sulfide) groups is 2. The van der Waals surface area contributed by atoms with Crippen molar-refractivity contribution in [2.24, 2.45) is 5.10 Å². The number of aryl methyl sites for hydroxylation is 1. The zero-order chi connectivity index (χ0) is 17.5. The first kappa shape index (κ1) is 17.9. The lowest BCUT2D eigenvalue weighted by Crippen LogP contribution is -2.19. The molecule has 0 atom stereocenters. The molecular weight excluding hydrogens is 354 g/mol. The maximum absolute atomic E-state index is 11.7. The number of furan rings is 1. The van der Waals surface area contributed by atoms with Gasteiger partial charge in [-0.1, -0.05) is 23.5 Å². The van der Waals surface area contributed by atoms with E-state index < -0.39 is 4.92 Å². The van der Waals surface area contributed by atoms with Gasteiger partial charge in [0, 0.05) is 5.69 Å². The number of amides is 1. The monoisotopic (exact) mass is 367 g/mol. The highest BCUT2D eigenvalue weighted by Gasteiger charge is 2.10. The van der Waals surface area contributed by atoms with E-state index in [2.05, 4.69) is 20.5 Å². The van der Waals surface area contributed by atoms with E-state index in [1.165, 1.54) is 41.9 Å². The first-order valence-corrected chi connectivity index (χ1v) is 8.77. The van der Waals surface area contributed by atoms with Gasteiger partial charge < -0.3 is 4.42 Å². The standard InChI is InChI=1S/C13H13N5O4S2/c1-8-5-11(16-13(15-8)23-2)24-7-10(19)17-14-6-9-3-4-12(22-9)18(20)21/h3-6H,7H2,1-2H3,(H,17,19)/b14-6-. The van der Waals surface area contributed by atoms with E-state index >= 15 is 0 Å². The van der Waals surface area contributed by atoms with Crippen LogP contribution < -0.4 is 5.43 Å². The highest BCUT2D eigenvalue weighted by atomic mass is 32.2. The first-order valence-electron chi connectivity index (χ1n) is 6.56. The molecule has 0 aliphatic heterocycles. The second-order valence-electron chi connectivity index (χ2n) is 4.35. The summed E-state index contributed by atoms with van der Waals surface area (Å²) < 4.78 is 4.87. The molecule has 0 saturated heterocycles. The SMILES string of the molecule is CSc1nc(C)cc(SCC(=O)N/N=C\c2ccc([N+](=O)[O-])o2)n1. The second kappa shape index (κ2) is 8.45. The smallest absolute Gasteiger partial charge is 0.400 e. The van der Waals surface area contributed by atoms with E-state index in [-0.39, 0.29) is 23.3 Å². The van der Waals surface area contributed by atoms with E-state index in [4.69, 9.17) is 4.42 Å². The summed E-state index contributed by atoms with van der Waals surface area (Å²) in [6.07, 6.45) is 3.07. The lowest BCUT2D eigenvalue weighted by Gasteiger charge is -2.03. The third-order valence-corrected chi connectivity index (χ3v) is 3.98. The Morgan fingerprint density at radius 1 is 1.50 bits per heavy atom. The van der Waals surface area contributed by atoms with Gasteiger partial charge in [0.25, 0.3) is 0 Å². The third kappa shape index (κ3) is 5.35. The Morgan fingerprint density at radius 3 is 2.96 bits per heavy atom. The fraction of sp³-hybridized carbons (Fsp3) is 0.231. The van der Waals surface area contributed by atoms with Crippen LogP contribution in [0.25, 0.3) is 0 Å². The van der Waals surface area contributed by atoms with Crippen LogP contribution in [0.5, 0.6) is 0 Å². The molecule has 2 aromatic rings. The van der Waals surface area contributed by atoms with Crippen LogP contribution in [-0.4, -0.2) is 39.0 Å². The Labute approximate surface area is 145 Å².